The fourth-order valence-electron chi connectivity index (χ4n) is 2.67. The van der Waals surface area contributed by atoms with E-state index in [1.165, 1.54) is 16.9 Å². The number of hydrogen-bond acceptors (Lipinski definition) is 3. The third-order valence-corrected chi connectivity index (χ3v) is 4.73. The Balaban J connectivity index is 1.70. The van der Waals surface area contributed by atoms with Crippen LogP contribution in [0.5, 0.6) is 0 Å². The Labute approximate surface area is 137 Å². The second-order valence-corrected chi connectivity index (χ2v) is 6.50. The van der Waals surface area contributed by atoms with Crippen molar-refractivity contribution in [3.63, 3.8) is 0 Å². The van der Waals surface area contributed by atoms with E-state index < -0.39 is 0 Å². The Kier molecular flexibility index (Phi) is 3.32. The van der Waals surface area contributed by atoms with Crippen molar-refractivity contribution in [2.24, 2.45) is 0 Å². The summed E-state index contributed by atoms with van der Waals surface area (Å²) in [5.41, 5.74) is 2.76. The van der Waals surface area contributed by atoms with Crippen molar-refractivity contribution in [3.05, 3.63) is 71.8 Å². The molecule has 4 heteroatoms. The van der Waals surface area contributed by atoms with Crippen molar-refractivity contribution in [2.75, 3.05) is 5.32 Å². The van der Waals surface area contributed by atoms with Gasteiger partial charge < -0.3 is 0 Å². The minimum atomic E-state index is -0.127. The van der Waals surface area contributed by atoms with Crippen LogP contribution in [0.3, 0.4) is 0 Å². The summed E-state index contributed by atoms with van der Waals surface area (Å²) >= 11 is 1.50. The summed E-state index contributed by atoms with van der Waals surface area (Å²) in [6.07, 6.45) is 0. The number of rotatable bonds is 2. The summed E-state index contributed by atoms with van der Waals surface area (Å²) in [5, 5.41) is 5.56. The Morgan fingerprint density at radius 3 is 2.78 bits per heavy atom. The summed E-state index contributed by atoms with van der Waals surface area (Å²) in [7, 11) is 0. The molecule has 4 rings (SSSR count). The van der Waals surface area contributed by atoms with Crippen LogP contribution in [-0.2, 0) is 0 Å². The lowest BCUT2D eigenvalue weighted by Crippen LogP contribution is -2.12. The molecule has 0 saturated heterocycles. The summed E-state index contributed by atoms with van der Waals surface area (Å²) in [4.78, 5) is 17.1. The maximum atomic E-state index is 12.6. The Hall–Kier alpha value is -2.72. The van der Waals surface area contributed by atoms with Gasteiger partial charge in [0, 0.05) is 5.56 Å². The summed E-state index contributed by atoms with van der Waals surface area (Å²) in [5.74, 6) is -0.127. The highest BCUT2D eigenvalue weighted by Gasteiger charge is 2.12. The molecule has 0 saturated carbocycles. The number of fused-ring (bicyclic) bond motifs is 2. The molecule has 0 aliphatic heterocycles. The Morgan fingerprint density at radius 2 is 1.87 bits per heavy atom. The van der Waals surface area contributed by atoms with Gasteiger partial charge in [-0.1, -0.05) is 53.8 Å². The van der Waals surface area contributed by atoms with Crippen LogP contribution in [0.4, 0.5) is 5.13 Å². The number of thiazole rings is 1. The zero-order valence-corrected chi connectivity index (χ0v) is 13.4. The van der Waals surface area contributed by atoms with E-state index in [1.807, 2.05) is 61.5 Å². The molecule has 1 aromatic heterocycles. The molecule has 0 unspecified atom stereocenters. The van der Waals surface area contributed by atoms with E-state index in [0.29, 0.717) is 10.7 Å². The van der Waals surface area contributed by atoms with E-state index in [2.05, 4.69) is 16.4 Å². The molecule has 0 radical (unpaired) electrons. The van der Waals surface area contributed by atoms with Gasteiger partial charge in [0.15, 0.2) is 5.13 Å². The van der Waals surface area contributed by atoms with Gasteiger partial charge in [-0.2, -0.15) is 0 Å². The van der Waals surface area contributed by atoms with Crippen molar-refractivity contribution >= 4 is 43.4 Å². The number of nitrogens with zero attached hydrogens (tertiary/aromatic N) is 1. The quantitative estimate of drug-likeness (QED) is 0.564. The highest BCUT2D eigenvalue weighted by molar-refractivity contribution is 7.22. The summed E-state index contributed by atoms with van der Waals surface area (Å²) in [6.45, 7) is 2.05. The lowest BCUT2D eigenvalue weighted by Gasteiger charge is -2.05. The van der Waals surface area contributed by atoms with E-state index in [4.69, 9.17) is 0 Å². The number of carbonyl (C=O) groups is 1. The fraction of sp³-hybridized carbons (Fsp3) is 0.0526. The van der Waals surface area contributed by atoms with Gasteiger partial charge in [0.1, 0.15) is 0 Å². The van der Waals surface area contributed by atoms with E-state index in [0.717, 1.165) is 21.0 Å². The van der Waals surface area contributed by atoms with Gasteiger partial charge in [-0.15, -0.1) is 0 Å². The molecule has 112 valence electrons. The van der Waals surface area contributed by atoms with Gasteiger partial charge in [-0.3, -0.25) is 10.1 Å². The van der Waals surface area contributed by atoms with Gasteiger partial charge in [-0.05, 0) is 41.5 Å². The first kappa shape index (κ1) is 13.9. The van der Waals surface area contributed by atoms with E-state index in [-0.39, 0.29) is 5.91 Å². The molecule has 0 bridgehead atoms. The number of aromatic nitrogens is 1. The summed E-state index contributed by atoms with van der Waals surface area (Å²) < 4.78 is 1.08. The zero-order valence-electron chi connectivity index (χ0n) is 12.5. The second-order valence-electron chi connectivity index (χ2n) is 5.47. The largest absolute Gasteiger partial charge is 0.298 e. The van der Waals surface area contributed by atoms with Crippen LogP contribution in [0.1, 0.15) is 15.9 Å². The highest BCUT2D eigenvalue weighted by atomic mass is 32.1. The predicted molar refractivity (Wildman–Crippen MR) is 96.3 cm³/mol. The average molecular weight is 318 g/mol. The first-order valence-electron chi connectivity index (χ1n) is 7.37. The van der Waals surface area contributed by atoms with Crippen molar-refractivity contribution in [1.29, 1.82) is 0 Å². The van der Waals surface area contributed by atoms with Crippen LogP contribution in [0.25, 0.3) is 21.0 Å². The monoisotopic (exact) mass is 318 g/mol. The van der Waals surface area contributed by atoms with E-state index in [9.17, 15) is 4.79 Å². The molecule has 4 aromatic rings. The number of benzene rings is 3. The van der Waals surface area contributed by atoms with Crippen LogP contribution in [0, 0.1) is 6.92 Å². The minimum absolute atomic E-state index is 0.127. The van der Waals surface area contributed by atoms with Gasteiger partial charge in [0.2, 0.25) is 0 Å². The van der Waals surface area contributed by atoms with Crippen molar-refractivity contribution in [2.45, 2.75) is 6.92 Å². The normalized spacial score (nSPS) is 11.0. The first-order valence-corrected chi connectivity index (χ1v) is 8.19. The number of anilines is 1. The lowest BCUT2D eigenvalue weighted by molar-refractivity contribution is 0.102. The molecule has 1 N–H and O–H groups in total. The lowest BCUT2D eigenvalue weighted by atomic mass is 10.0. The molecule has 0 aliphatic carbocycles. The number of nitrogens with one attached hydrogen (secondary N) is 1. The standard InChI is InChI=1S/C19H14N2OS/c1-12-9-10-16-17(11-12)23-19(20-16)21-18(22)15-8-4-6-13-5-2-3-7-14(13)15/h2-11H,1H3,(H,20,21,22). The predicted octanol–water partition coefficient (Wildman–Crippen LogP) is 5.01. The minimum Gasteiger partial charge on any atom is -0.298 e. The molecule has 1 amide bonds. The molecule has 0 fully saturated rings. The molecule has 23 heavy (non-hydrogen) atoms. The maximum Gasteiger partial charge on any atom is 0.258 e. The summed E-state index contributed by atoms with van der Waals surface area (Å²) in [6, 6.07) is 19.7. The molecular formula is C19H14N2OS. The number of hydrogen-bond donors (Lipinski definition) is 1. The average Bonchev–Trinajstić information content (AvgIpc) is 2.95. The van der Waals surface area contributed by atoms with E-state index >= 15 is 0 Å². The third-order valence-electron chi connectivity index (χ3n) is 3.80. The van der Waals surface area contributed by atoms with Crippen molar-refractivity contribution < 1.29 is 4.79 Å². The van der Waals surface area contributed by atoms with Crippen molar-refractivity contribution in [3.8, 4) is 0 Å². The van der Waals surface area contributed by atoms with Gasteiger partial charge in [-0.25, -0.2) is 4.98 Å². The third kappa shape index (κ3) is 2.58. The second kappa shape index (κ2) is 5.48. The number of carbonyl (C=O) groups excluding carboxylic acids is 1. The van der Waals surface area contributed by atoms with Crippen molar-refractivity contribution in [1.82, 2.24) is 4.98 Å². The highest BCUT2D eigenvalue weighted by Crippen LogP contribution is 2.27. The smallest absolute Gasteiger partial charge is 0.258 e. The van der Waals surface area contributed by atoms with E-state index in [1.54, 1.807) is 0 Å². The topological polar surface area (TPSA) is 42.0 Å². The number of amides is 1. The molecule has 0 spiro atoms. The molecule has 3 nitrogen and oxygen atoms in total. The van der Waals surface area contributed by atoms with Gasteiger partial charge >= 0.3 is 0 Å². The van der Waals surface area contributed by atoms with Crippen LogP contribution in [0.2, 0.25) is 0 Å². The maximum absolute atomic E-state index is 12.6. The molecule has 0 atom stereocenters. The van der Waals surface area contributed by atoms with Gasteiger partial charge in [0.25, 0.3) is 5.91 Å². The SMILES string of the molecule is Cc1ccc2nc(NC(=O)c3cccc4ccccc34)sc2c1. The molecular weight excluding hydrogens is 304 g/mol. The molecule has 0 aliphatic rings. The number of aryl methyl sites for hydroxylation is 1. The fourth-order valence-corrected chi connectivity index (χ4v) is 3.63. The molecule has 3 aromatic carbocycles. The van der Waals surface area contributed by atoms with Crippen LogP contribution < -0.4 is 5.32 Å². The van der Waals surface area contributed by atoms with Crippen LogP contribution in [-0.4, -0.2) is 10.9 Å². The Morgan fingerprint density at radius 1 is 1.04 bits per heavy atom. The van der Waals surface area contributed by atoms with Crippen LogP contribution >= 0.6 is 11.3 Å². The first-order chi connectivity index (χ1) is 11.2. The molecule has 1 heterocycles. The Bertz CT molecular complexity index is 1030. The van der Waals surface area contributed by atoms with Gasteiger partial charge in [0.05, 0.1) is 10.2 Å². The zero-order chi connectivity index (χ0) is 15.8. The van der Waals surface area contributed by atoms with Crippen LogP contribution in [0.15, 0.2) is 60.7 Å².